The van der Waals surface area contributed by atoms with Gasteiger partial charge in [0.2, 0.25) is 0 Å². The molecule has 0 radical (unpaired) electrons. The summed E-state index contributed by atoms with van der Waals surface area (Å²) < 4.78 is 2.25. The molecule has 0 amide bonds. The summed E-state index contributed by atoms with van der Waals surface area (Å²) in [5.74, 6) is 0.733. The van der Waals surface area contributed by atoms with Gasteiger partial charge >= 0.3 is 0 Å². The van der Waals surface area contributed by atoms with Crippen LogP contribution in [0.3, 0.4) is 0 Å². The lowest BCUT2D eigenvalue weighted by molar-refractivity contribution is 0.295. The first-order valence-electron chi connectivity index (χ1n) is 7.23. The van der Waals surface area contributed by atoms with Crippen LogP contribution in [0.4, 0.5) is 0 Å². The van der Waals surface area contributed by atoms with Gasteiger partial charge in [0.1, 0.15) is 0 Å². The molecule has 0 bridgehead atoms. The molecule has 1 aliphatic rings. The second-order valence-corrected chi connectivity index (χ2v) is 5.57. The molecule has 3 nitrogen and oxygen atoms in total. The molecule has 1 aromatic heterocycles. The molecule has 1 atom stereocenters. The third-order valence-electron chi connectivity index (χ3n) is 4.43. The normalized spacial score (nSPS) is 18.8. The fourth-order valence-corrected chi connectivity index (χ4v) is 3.44. The highest BCUT2D eigenvalue weighted by molar-refractivity contribution is 5.84. The minimum atomic E-state index is 0.466. The highest BCUT2D eigenvalue weighted by Gasteiger charge is 2.25. The molecule has 0 aliphatic carbocycles. The molecular formula is C16H23N3. The molecule has 1 unspecified atom stereocenters. The lowest BCUT2D eigenvalue weighted by Gasteiger charge is -2.30. The molecule has 102 valence electrons. The predicted octanol–water partition coefficient (Wildman–Crippen LogP) is 2.44. The van der Waals surface area contributed by atoms with Crippen LogP contribution in [0.15, 0.2) is 30.5 Å². The lowest BCUT2D eigenvalue weighted by atomic mass is 9.86. The Morgan fingerprint density at radius 1 is 1.26 bits per heavy atom. The molecule has 2 heterocycles. The van der Waals surface area contributed by atoms with Crippen LogP contribution in [0, 0.1) is 5.92 Å². The van der Waals surface area contributed by atoms with Crippen molar-refractivity contribution in [1.82, 2.24) is 15.2 Å². The van der Waals surface area contributed by atoms with E-state index in [-0.39, 0.29) is 0 Å². The number of nitrogens with zero attached hydrogens (tertiary/aromatic N) is 1. The van der Waals surface area contributed by atoms with Crippen molar-refractivity contribution in [3.8, 4) is 0 Å². The molecule has 2 N–H and O–H groups in total. The molecule has 2 aromatic rings. The predicted molar refractivity (Wildman–Crippen MR) is 80.3 cm³/mol. The molecule has 3 heteroatoms. The zero-order chi connectivity index (χ0) is 13.2. The van der Waals surface area contributed by atoms with E-state index in [2.05, 4.69) is 59.8 Å². The standard InChI is InChI=1S/C16H23N3/c1-17-16(12-7-9-18-10-8-12)14-11-19(2)15-6-4-3-5-13(14)15/h3-6,11-12,16-18H,7-10H2,1-2H3. The topological polar surface area (TPSA) is 29.0 Å². The summed E-state index contributed by atoms with van der Waals surface area (Å²) in [6.45, 7) is 2.29. The Morgan fingerprint density at radius 2 is 2.00 bits per heavy atom. The zero-order valence-electron chi connectivity index (χ0n) is 11.8. The summed E-state index contributed by atoms with van der Waals surface area (Å²) in [6, 6.07) is 9.17. The van der Waals surface area contributed by atoms with Crippen LogP contribution in [-0.2, 0) is 7.05 Å². The van der Waals surface area contributed by atoms with Crippen LogP contribution in [0.5, 0.6) is 0 Å². The summed E-state index contributed by atoms with van der Waals surface area (Å²) in [4.78, 5) is 0. The molecule has 1 fully saturated rings. The minimum absolute atomic E-state index is 0.466. The molecule has 1 saturated heterocycles. The average molecular weight is 257 g/mol. The molecule has 3 rings (SSSR count). The summed E-state index contributed by atoms with van der Waals surface area (Å²) in [5.41, 5.74) is 2.78. The second kappa shape index (κ2) is 5.35. The Bertz CT molecular complexity index is 552. The van der Waals surface area contributed by atoms with Gasteiger partial charge < -0.3 is 15.2 Å². The molecule has 0 saturated carbocycles. The molecule has 19 heavy (non-hydrogen) atoms. The van der Waals surface area contributed by atoms with Crippen molar-refractivity contribution in [1.29, 1.82) is 0 Å². The van der Waals surface area contributed by atoms with Gasteiger partial charge in [-0.25, -0.2) is 0 Å². The van der Waals surface area contributed by atoms with E-state index in [0.29, 0.717) is 6.04 Å². The van der Waals surface area contributed by atoms with E-state index in [0.717, 1.165) is 19.0 Å². The highest BCUT2D eigenvalue weighted by atomic mass is 15.0. The van der Waals surface area contributed by atoms with E-state index in [1.54, 1.807) is 0 Å². The van der Waals surface area contributed by atoms with Crippen molar-refractivity contribution in [2.75, 3.05) is 20.1 Å². The van der Waals surface area contributed by atoms with Gasteiger partial charge in [0.25, 0.3) is 0 Å². The first-order chi connectivity index (χ1) is 9.31. The van der Waals surface area contributed by atoms with E-state index in [1.807, 2.05) is 0 Å². The number of hydrogen-bond donors (Lipinski definition) is 2. The molecular weight excluding hydrogens is 234 g/mol. The number of benzene rings is 1. The molecule has 1 aromatic carbocycles. The highest BCUT2D eigenvalue weighted by Crippen LogP contribution is 2.33. The Kier molecular flexibility index (Phi) is 3.58. The first kappa shape index (κ1) is 12.7. The number of para-hydroxylation sites is 1. The van der Waals surface area contributed by atoms with Crippen molar-refractivity contribution < 1.29 is 0 Å². The van der Waals surface area contributed by atoms with Gasteiger partial charge in [-0.2, -0.15) is 0 Å². The van der Waals surface area contributed by atoms with Crippen molar-refractivity contribution in [3.63, 3.8) is 0 Å². The second-order valence-electron chi connectivity index (χ2n) is 5.57. The largest absolute Gasteiger partial charge is 0.350 e. The Morgan fingerprint density at radius 3 is 2.74 bits per heavy atom. The fourth-order valence-electron chi connectivity index (χ4n) is 3.44. The maximum atomic E-state index is 3.55. The summed E-state index contributed by atoms with van der Waals surface area (Å²) in [7, 11) is 4.23. The van der Waals surface area contributed by atoms with E-state index < -0.39 is 0 Å². The zero-order valence-corrected chi connectivity index (χ0v) is 11.8. The van der Waals surface area contributed by atoms with Gasteiger partial charge in [0.05, 0.1) is 0 Å². The third kappa shape index (κ3) is 2.28. The number of piperidine rings is 1. The number of hydrogen-bond acceptors (Lipinski definition) is 2. The van der Waals surface area contributed by atoms with Crippen molar-refractivity contribution >= 4 is 10.9 Å². The van der Waals surface area contributed by atoms with Crippen LogP contribution in [0.2, 0.25) is 0 Å². The van der Waals surface area contributed by atoms with Crippen LogP contribution in [-0.4, -0.2) is 24.7 Å². The number of aromatic nitrogens is 1. The molecule has 0 spiro atoms. The Labute approximate surface area is 115 Å². The molecule has 1 aliphatic heterocycles. The monoisotopic (exact) mass is 257 g/mol. The van der Waals surface area contributed by atoms with Gasteiger partial charge in [-0.3, -0.25) is 0 Å². The van der Waals surface area contributed by atoms with Crippen molar-refractivity contribution in [2.45, 2.75) is 18.9 Å². The van der Waals surface area contributed by atoms with E-state index >= 15 is 0 Å². The van der Waals surface area contributed by atoms with Crippen molar-refractivity contribution in [2.24, 2.45) is 13.0 Å². The van der Waals surface area contributed by atoms with Crippen LogP contribution < -0.4 is 10.6 Å². The van der Waals surface area contributed by atoms with E-state index in [9.17, 15) is 0 Å². The van der Waals surface area contributed by atoms with Crippen LogP contribution >= 0.6 is 0 Å². The lowest BCUT2D eigenvalue weighted by Crippen LogP contribution is -2.35. The minimum Gasteiger partial charge on any atom is -0.350 e. The first-order valence-corrected chi connectivity index (χ1v) is 7.23. The summed E-state index contributed by atoms with van der Waals surface area (Å²) in [5, 5.41) is 8.40. The van der Waals surface area contributed by atoms with Crippen molar-refractivity contribution in [3.05, 3.63) is 36.0 Å². The van der Waals surface area contributed by atoms with Gasteiger partial charge in [0, 0.05) is 30.2 Å². The number of nitrogens with one attached hydrogen (secondary N) is 2. The van der Waals surface area contributed by atoms with E-state index in [1.165, 1.54) is 29.3 Å². The average Bonchev–Trinajstić information content (AvgIpc) is 2.79. The fraction of sp³-hybridized carbons (Fsp3) is 0.500. The maximum Gasteiger partial charge on any atom is 0.0481 e. The quantitative estimate of drug-likeness (QED) is 0.884. The van der Waals surface area contributed by atoms with Crippen LogP contribution in [0.25, 0.3) is 10.9 Å². The van der Waals surface area contributed by atoms with Gasteiger partial charge in [-0.15, -0.1) is 0 Å². The van der Waals surface area contributed by atoms with Gasteiger partial charge in [0.15, 0.2) is 0 Å². The van der Waals surface area contributed by atoms with E-state index in [4.69, 9.17) is 0 Å². The third-order valence-corrected chi connectivity index (χ3v) is 4.43. The van der Waals surface area contributed by atoms with Crippen LogP contribution in [0.1, 0.15) is 24.4 Å². The number of aryl methyl sites for hydroxylation is 1. The number of rotatable bonds is 3. The Hall–Kier alpha value is -1.32. The number of fused-ring (bicyclic) bond motifs is 1. The summed E-state index contributed by atoms with van der Waals surface area (Å²) >= 11 is 0. The SMILES string of the molecule is CNC(c1cn(C)c2ccccc12)C1CCNCC1. The maximum absolute atomic E-state index is 3.55. The Balaban J connectivity index is 2.01. The summed E-state index contributed by atoms with van der Waals surface area (Å²) in [6.07, 6.45) is 4.82. The smallest absolute Gasteiger partial charge is 0.0481 e. The van der Waals surface area contributed by atoms with Gasteiger partial charge in [-0.05, 0) is 50.5 Å². The van der Waals surface area contributed by atoms with Gasteiger partial charge in [-0.1, -0.05) is 18.2 Å².